The number of halogens is 1. The highest BCUT2D eigenvalue weighted by molar-refractivity contribution is 6.22. The van der Waals surface area contributed by atoms with Crippen LogP contribution < -0.4 is 0 Å². The Labute approximate surface area is 125 Å². The maximum absolute atomic E-state index is 12.1. The lowest BCUT2D eigenvalue weighted by Gasteiger charge is -2.42. The molecule has 2 unspecified atom stereocenters. The molecular weight excluding hydrogens is 280 g/mol. The largest absolute Gasteiger partial charge is 0.444 e. The molecule has 114 valence electrons. The van der Waals surface area contributed by atoms with E-state index in [1.165, 1.54) is 0 Å². The van der Waals surface area contributed by atoms with Crippen molar-refractivity contribution in [1.29, 1.82) is 0 Å². The van der Waals surface area contributed by atoms with Gasteiger partial charge in [0.05, 0.1) is 5.38 Å². The van der Waals surface area contributed by atoms with Crippen molar-refractivity contribution in [2.24, 2.45) is 0 Å². The summed E-state index contributed by atoms with van der Waals surface area (Å²) in [5.74, 6) is 0. The standard InChI is InChI=1S/C14H23ClN2O3/c1-14(2,3)20-13(19)17-6-5-11-9(8-17)10(15)7-12(18)16(11)4/h10,12,18H,5-8H2,1-4H3. The average molecular weight is 303 g/mol. The molecule has 0 radical (unpaired) electrons. The van der Waals surface area contributed by atoms with Crippen LogP contribution in [0.2, 0.25) is 0 Å². The van der Waals surface area contributed by atoms with E-state index in [-0.39, 0.29) is 11.5 Å². The van der Waals surface area contributed by atoms with E-state index in [2.05, 4.69) is 0 Å². The lowest BCUT2D eigenvalue weighted by molar-refractivity contribution is 0.0111. The summed E-state index contributed by atoms with van der Waals surface area (Å²) in [5, 5.41) is 9.70. The highest BCUT2D eigenvalue weighted by atomic mass is 35.5. The molecule has 0 saturated heterocycles. The summed E-state index contributed by atoms with van der Waals surface area (Å²) < 4.78 is 5.40. The molecule has 1 amide bonds. The van der Waals surface area contributed by atoms with Crippen molar-refractivity contribution in [3.63, 3.8) is 0 Å². The fourth-order valence-electron chi connectivity index (χ4n) is 2.61. The minimum Gasteiger partial charge on any atom is -0.444 e. The van der Waals surface area contributed by atoms with E-state index in [1.54, 1.807) is 4.90 Å². The molecule has 1 N–H and O–H groups in total. The summed E-state index contributed by atoms with van der Waals surface area (Å²) in [5.41, 5.74) is 1.59. The van der Waals surface area contributed by atoms with Gasteiger partial charge in [-0.15, -0.1) is 11.6 Å². The molecule has 0 aliphatic carbocycles. The monoisotopic (exact) mass is 302 g/mol. The average Bonchev–Trinajstić information content (AvgIpc) is 2.33. The van der Waals surface area contributed by atoms with Gasteiger partial charge < -0.3 is 19.6 Å². The maximum atomic E-state index is 12.1. The normalized spacial score (nSPS) is 27.5. The van der Waals surface area contributed by atoms with Crippen LogP contribution in [0.5, 0.6) is 0 Å². The fourth-order valence-corrected chi connectivity index (χ4v) is 2.96. The van der Waals surface area contributed by atoms with E-state index in [9.17, 15) is 9.90 Å². The first-order valence-electron chi connectivity index (χ1n) is 6.94. The van der Waals surface area contributed by atoms with Gasteiger partial charge in [0.1, 0.15) is 11.8 Å². The number of rotatable bonds is 0. The Morgan fingerprint density at radius 1 is 1.45 bits per heavy atom. The Morgan fingerprint density at radius 3 is 2.70 bits per heavy atom. The molecular formula is C14H23ClN2O3. The number of ether oxygens (including phenoxy) is 1. The summed E-state index contributed by atoms with van der Waals surface area (Å²) in [6.07, 6.45) is 0.343. The Hall–Kier alpha value is -0.940. The van der Waals surface area contributed by atoms with Gasteiger partial charge in [0.2, 0.25) is 0 Å². The molecule has 0 aromatic heterocycles. The van der Waals surface area contributed by atoms with Crippen molar-refractivity contribution >= 4 is 17.7 Å². The summed E-state index contributed by atoms with van der Waals surface area (Å²) in [4.78, 5) is 15.7. The summed E-state index contributed by atoms with van der Waals surface area (Å²) in [6, 6.07) is 0. The third kappa shape index (κ3) is 3.20. The topological polar surface area (TPSA) is 53.0 Å². The number of hydrogen-bond acceptors (Lipinski definition) is 4. The molecule has 2 rings (SSSR count). The van der Waals surface area contributed by atoms with Crippen molar-refractivity contribution in [2.75, 3.05) is 20.1 Å². The number of carbonyl (C=O) groups excluding carboxylic acids is 1. The van der Waals surface area contributed by atoms with E-state index in [4.69, 9.17) is 16.3 Å². The molecule has 0 saturated carbocycles. The number of hydrogen-bond donors (Lipinski definition) is 1. The number of carbonyl (C=O) groups is 1. The van der Waals surface area contributed by atoms with Crippen LogP contribution >= 0.6 is 11.6 Å². The Kier molecular flexibility index (Phi) is 4.21. The van der Waals surface area contributed by atoms with Crippen molar-refractivity contribution < 1.29 is 14.6 Å². The molecule has 5 nitrogen and oxygen atoms in total. The fraction of sp³-hybridized carbons (Fsp3) is 0.786. The van der Waals surface area contributed by atoms with Gasteiger partial charge in [-0.05, 0) is 26.3 Å². The van der Waals surface area contributed by atoms with E-state index in [0.29, 0.717) is 25.9 Å². The predicted octanol–water partition coefficient (Wildman–Crippen LogP) is 2.14. The van der Waals surface area contributed by atoms with Crippen LogP contribution in [-0.4, -0.2) is 58.3 Å². The van der Waals surface area contributed by atoms with Gasteiger partial charge in [-0.25, -0.2) is 4.79 Å². The lowest BCUT2D eigenvalue weighted by Crippen LogP contribution is -2.48. The molecule has 2 heterocycles. The minimum absolute atomic E-state index is 0.221. The first-order chi connectivity index (χ1) is 9.19. The SMILES string of the molecule is CN1C2=C(CN(C(=O)OC(C)(C)C)CC2)C(Cl)CC1O. The zero-order chi connectivity index (χ0) is 15.1. The second-order valence-corrected chi connectivity index (χ2v) is 6.95. The number of amides is 1. The molecule has 0 aromatic rings. The van der Waals surface area contributed by atoms with Crippen molar-refractivity contribution in [3.05, 3.63) is 11.3 Å². The van der Waals surface area contributed by atoms with E-state index >= 15 is 0 Å². The Balaban J connectivity index is 2.11. The number of alkyl halides is 1. The minimum atomic E-state index is -0.538. The van der Waals surface area contributed by atoms with Crippen LogP contribution in [0.4, 0.5) is 4.79 Å². The van der Waals surface area contributed by atoms with Gasteiger partial charge in [0.15, 0.2) is 0 Å². The van der Waals surface area contributed by atoms with Gasteiger partial charge >= 0.3 is 6.09 Å². The highest BCUT2D eigenvalue weighted by Gasteiger charge is 2.36. The highest BCUT2D eigenvalue weighted by Crippen LogP contribution is 2.34. The lowest BCUT2D eigenvalue weighted by atomic mass is 9.95. The van der Waals surface area contributed by atoms with E-state index in [1.807, 2.05) is 32.7 Å². The summed E-state index contributed by atoms with van der Waals surface area (Å²) in [7, 11) is 1.87. The summed E-state index contributed by atoms with van der Waals surface area (Å²) in [6.45, 7) is 6.64. The third-order valence-electron chi connectivity index (χ3n) is 3.67. The van der Waals surface area contributed by atoms with Crippen molar-refractivity contribution in [3.8, 4) is 0 Å². The van der Waals surface area contributed by atoms with Gasteiger partial charge in [-0.2, -0.15) is 0 Å². The molecule has 0 fully saturated rings. The summed E-state index contributed by atoms with van der Waals surface area (Å²) >= 11 is 6.33. The molecule has 6 heteroatoms. The number of aliphatic hydroxyl groups is 1. The zero-order valence-electron chi connectivity index (χ0n) is 12.5. The second-order valence-electron chi connectivity index (χ2n) is 6.42. The Morgan fingerprint density at radius 2 is 2.10 bits per heavy atom. The van der Waals surface area contributed by atoms with Gasteiger partial charge in [0.25, 0.3) is 0 Å². The maximum Gasteiger partial charge on any atom is 0.410 e. The molecule has 0 aromatic carbocycles. The molecule has 2 aliphatic rings. The van der Waals surface area contributed by atoms with Gasteiger partial charge in [-0.3, -0.25) is 0 Å². The van der Waals surface area contributed by atoms with Crippen LogP contribution in [0.3, 0.4) is 0 Å². The predicted molar refractivity (Wildman–Crippen MR) is 77.5 cm³/mol. The number of nitrogens with zero attached hydrogens (tertiary/aromatic N) is 2. The molecule has 20 heavy (non-hydrogen) atoms. The Bertz CT molecular complexity index is 431. The van der Waals surface area contributed by atoms with E-state index in [0.717, 1.165) is 11.3 Å². The van der Waals surface area contributed by atoms with Crippen molar-refractivity contribution in [1.82, 2.24) is 9.80 Å². The molecule has 2 atom stereocenters. The molecule has 2 aliphatic heterocycles. The third-order valence-corrected chi connectivity index (χ3v) is 4.11. The van der Waals surface area contributed by atoms with E-state index < -0.39 is 11.8 Å². The quantitative estimate of drug-likeness (QED) is 0.697. The number of aliphatic hydroxyl groups excluding tert-OH is 1. The zero-order valence-corrected chi connectivity index (χ0v) is 13.3. The first kappa shape index (κ1) is 15.4. The second kappa shape index (κ2) is 5.45. The van der Waals surface area contributed by atoms with Crippen molar-refractivity contribution in [2.45, 2.75) is 50.8 Å². The van der Waals surface area contributed by atoms with Gasteiger partial charge in [-0.1, -0.05) is 0 Å². The first-order valence-corrected chi connectivity index (χ1v) is 7.37. The molecule has 0 bridgehead atoms. The van der Waals surface area contributed by atoms with Crippen LogP contribution in [0.15, 0.2) is 11.3 Å². The van der Waals surface area contributed by atoms with Crippen LogP contribution in [0.25, 0.3) is 0 Å². The van der Waals surface area contributed by atoms with Crippen LogP contribution in [-0.2, 0) is 4.74 Å². The van der Waals surface area contributed by atoms with Crippen LogP contribution in [0.1, 0.15) is 33.6 Å². The smallest absolute Gasteiger partial charge is 0.410 e. The van der Waals surface area contributed by atoms with Gasteiger partial charge in [0, 0.05) is 38.7 Å². The molecule has 0 spiro atoms. The van der Waals surface area contributed by atoms with Crippen LogP contribution in [0, 0.1) is 0 Å².